The molecule has 4 nitrogen and oxygen atoms in total. The molecule has 21 heavy (non-hydrogen) atoms. The summed E-state index contributed by atoms with van der Waals surface area (Å²) in [5.74, 6) is -0.0742. The maximum atomic E-state index is 12.5. The van der Waals surface area contributed by atoms with Crippen LogP contribution in [0.4, 0.5) is 0 Å². The fourth-order valence-electron chi connectivity index (χ4n) is 2.74. The van der Waals surface area contributed by atoms with Crippen LogP contribution < -0.4 is 4.72 Å². The highest BCUT2D eigenvalue weighted by Gasteiger charge is 2.36. The predicted molar refractivity (Wildman–Crippen MR) is 85.1 cm³/mol. The Labute approximate surface area is 131 Å². The Morgan fingerprint density at radius 1 is 1.38 bits per heavy atom. The maximum Gasteiger partial charge on any atom is 0.215 e. The molecule has 2 rings (SSSR count). The SMILES string of the molecule is CC(C)NS(=O)(=O)C1CCOCC1Cc1ccccc1Cl. The highest BCUT2D eigenvalue weighted by Crippen LogP contribution is 2.27. The summed E-state index contributed by atoms with van der Waals surface area (Å²) in [7, 11) is -3.34. The molecule has 118 valence electrons. The van der Waals surface area contributed by atoms with Gasteiger partial charge in [-0.1, -0.05) is 29.8 Å². The van der Waals surface area contributed by atoms with Crippen LogP contribution in [0.3, 0.4) is 0 Å². The quantitative estimate of drug-likeness (QED) is 0.902. The number of nitrogens with one attached hydrogen (secondary N) is 1. The Balaban J connectivity index is 2.18. The number of benzene rings is 1. The van der Waals surface area contributed by atoms with Gasteiger partial charge >= 0.3 is 0 Å². The van der Waals surface area contributed by atoms with E-state index in [0.29, 0.717) is 31.1 Å². The number of rotatable bonds is 5. The zero-order valence-corrected chi connectivity index (χ0v) is 14.0. The van der Waals surface area contributed by atoms with E-state index < -0.39 is 15.3 Å². The van der Waals surface area contributed by atoms with Crippen LogP contribution in [0.15, 0.2) is 24.3 Å². The second kappa shape index (κ2) is 7.09. The van der Waals surface area contributed by atoms with Crippen LogP contribution in [0, 0.1) is 5.92 Å². The molecule has 0 spiro atoms. The lowest BCUT2D eigenvalue weighted by Gasteiger charge is -2.32. The van der Waals surface area contributed by atoms with Gasteiger partial charge in [-0.15, -0.1) is 0 Å². The molecule has 6 heteroatoms. The van der Waals surface area contributed by atoms with Crippen molar-refractivity contribution in [2.75, 3.05) is 13.2 Å². The standard InChI is InChI=1S/C15H22ClNO3S/c1-11(2)17-21(18,19)15-7-8-20-10-13(15)9-12-5-3-4-6-14(12)16/h3-6,11,13,15,17H,7-10H2,1-2H3. The van der Waals surface area contributed by atoms with Gasteiger partial charge in [-0.05, 0) is 38.3 Å². The van der Waals surface area contributed by atoms with E-state index in [1.807, 2.05) is 38.1 Å². The fourth-order valence-corrected chi connectivity index (χ4v) is 4.87. The van der Waals surface area contributed by atoms with Gasteiger partial charge in [0.15, 0.2) is 0 Å². The summed E-state index contributed by atoms with van der Waals surface area (Å²) < 4.78 is 33.2. The molecule has 0 amide bonds. The van der Waals surface area contributed by atoms with Crippen LogP contribution in [0.1, 0.15) is 25.8 Å². The van der Waals surface area contributed by atoms with Crippen LogP contribution in [-0.4, -0.2) is 32.9 Å². The summed E-state index contributed by atoms with van der Waals surface area (Å²) in [5.41, 5.74) is 0.972. The molecule has 1 N–H and O–H groups in total. The Bertz CT molecular complexity index is 574. The first kappa shape index (κ1) is 16.7. The van der Waals surface area contributed by atoms with Crippen LogP contribution in [0.25, 0.3) is 0 Å². The van der Waals surface area contributed by atoms with Gasteiger partial charge in [-0.25, -0.2) is 13.1 Å². The van der Waals surface area contributed by atoms with Crippen LogP contribution >= 0.6 is 11.6 Å². The molecule has 0 radical (unpaired) electrons. The molecular formula is C15H22ClNO3S. The molecule has 0 saturated carbocycles. The van der Waals surface area contributed by atoms with E-state index in [-0.39, 0.29) is 12.0 Å². The molecule has 1 fully saturated rings. The van der Waals surface area contributed by atoms with Gasteiger partial charge in [0.1, 0.15) is 0 Å². The van der Waals surface area contributed by atoms with Crippen molar-refractivity contribution in [1.29, 1.82) is 0 Å². The molecule has 2 atom stereocenters. The van der Waals surface area contributed by atoms with E-state index in [9.17, 15) is 8.42 Å². The van der Waals surface area contributed by atoms with E-state index in [2.05, 4.69) is 4.72 Å². The van der Waals surface area contributed by atoms with E-state index in [4.69, 9.17) is 16.3 Å². The summed E-state index contributed by atoms with van der Waals surface area (Å²) in [6, 6.07) is 7.46. The van der Waals surface area contributed by atoms with Gasteiger partial charge in [0.2, 0.25) is 10.0 Å². The summed E-state index contributed by atoms with van der Waals surface area (Å²) in [6.45, 7) is 4.61. The number of sulfonamides is 1. The van der Waals surface area contributed by atoms with Gasteiger partial charge in [0.25, 0.3) is 0 Å². The lowest BCUT2D eigenvalue weighted by Crippen LogP contribution is -2.46. The lowest BCUT2D eigenvalue weighted by molar-refractivity contribution is 0.0569. The molecule has 1 aliphatic rings. The average molecular weight is 332 g/mol. The third-order valence-electron chi connectivity index (χ3n) is 3.64. The normalized spacial score (nSPS) is 23.4. The van der Waals surface area contributed by atoms with Gasteiger partial charge in [0.05, 0.1) is 11.9 Å². The molecule has 2 unspecified atom stereocenters. The first-order chi connectivity index (χ1) is 9.90. The van der Waals surface area contributed by atoms with Crippen molar-refractivity contribution in [1.82, 2.24) is 4.72 Å². The topological polar surface area (TPSA) is 55.4 Å². The smallest absolute Gasteiger partial charge is 0.215 e. The minimum Gasteiger partial charge on any atom is -0.381 e. The van der Waals surface area contributed by atoms with Crippen LogP contribution in [0.2, 0.25) is 5.02 Å². The van der Waals surface area contributed by atoms with Crippen molar-refractivity contribution in [2.45, 2.75) is 38.0 Å². The first-order valence-corrected chi connectivity index (χ1v) is 9.15. The third-order valence-corrected chi connectivity index (χ3v) is 6.23. The van der Waals surface area contributed by atoms with Crippen molar-refractivity contribution >= 4 is 21.6 Å². The number of hydrogen-bond acceptors (Lipinski definition) is 3. The fraction of sp³-hybridized carbons (Fsp3) is 0.600. The van der Waals surface area contributed by atoms with E-state index in [1.165, 1.54) is 0 Å². The monoisotopic (exact) mass is 331 g/mol. The molecule has 0 aromatic heterocycles. The first-order valence-electron chi connectivity index (χ1n) is 7.22. The maximum absolute atomic E-state index is 12.5. The van der Waals surface area contributed by atoms with E-state index >= 15 is 0 Å². The van der Waals surface area contributed by atoms with Gasteiger partial charge in [0, 0.05) is 23.6 Å². The highest BCUT2D eigenvalue weighted by molar-refractivity contribution is 7.90. The zero-order chi connectivity index (χ0) is 15.5. The number of ether oxygens (including phenoxy) is 1. The van der Waals surface area contributed by atoms with Crippen molar-refractivity contribution in [2.24, 2.45) is 5.92 Å². The largest absolute Gasteiger partial charge is 0.381 e. The highest BCUT2D eigenvalue weighted by atomic mass is 35.5. The van der Waals surface area contributed by atoms with Gasteiger partial charge < -0.3 is 4.74 Å². The van der Waals surface area contributed by atoms with E-state index in [1.54, 1.807) is 0 Å². The Morgan fingerprint density at radius 3 is 2.76 bits per heavy atom. The molecule has 0 bridgehead atoms. The van der Waals surface area contributed by atoms with Crippen LogP contribution in [-0.2, 0) is 21.2 Å². The molecule has 1 heterocycles. The predicted octanol–water partition coefficient (Wildman–Crippen LogP) is 2.62. The minimum absolute atomic E-state index is 0.0742. The Hall–Kier alpha value is -0.620. The van der Waals surface area contributed by atoms with Gasteiger partial charge in [-0.3, -0.25) is 0 Å². The van der Waals surface area contributed by atoms with Gasteiger partial charge in [-0.2, -0.15) is 0 Å². The molecule has 1 aliphatic heterocycles. The number of hydrogen-bond donors (Lipinski definition) is 1. The Kier molecular flexibility index (Phi) is 5.66. The Morgan fingerprint density at radius 2 is 2.10 bits per heavy atom. The summed E-state index contributed by atoms with van der Waals surface area (Å²) in [6.07, 6.45) is 1.14. The van der Waals surface area contributed by atoms with Crippen molar-refractivity contribution in [3.63, 3.8) is 0 Å². The second-order valence-electron chi connectivity index (χ2n) is 5.78. The van der Waals surface area contributed by atoms with Crippen molar-refractivity contribution in [3.8, 4) is 0 Å². The third kappa shape index (κ3) is 4.42. The summed E-state index contributed by atoms with van der Waals surface area (Å²) >= 11 is 6.18. The zero-order valence-electron chi connectivity index (χ0n) is 12.4. The molecule has 1 aromatic rings. The minimum atomic E-state index is -3.34. The summed E-state index contributed by atoms with van der Waals surface area (Å²) in [5, 5.41) is 0.251. The molecule has 0 aliphatic carbocycles. The van der Waals surface area contributed by atoms with Crippen molar-refractivity contribution < 1.29 is 13.2 Å². The van der Waals surface area contributed by atoms with Crippen LogP contribution in [0.5, 0.6) is 0 Å². The number of halogens is 1. The second-order valence-corrected chi connectivity index (χ2v) is 8.11. The summed E-state index contributed by atoms with van der Waals surface area (Å²) in [4.78, 5) is 0. The molecule has 1 aromatic carbocycles. The lowest BCUT2D eigenvalue weighted by atomic mass is 9.93. The molecule has 1 saturated heterocycles. The van der Waals surface area contributed by atoms with E-state index in [0.717, 1.165) is 5.56 Å². The molecular weight excluding hydrogens is 310 g/mol. The van der Waals surface area contributed by atoms with Crippen molar-refractivity contribution in [3.05, 3.63) is 34.9 Å². The average Bonchev–Trinajstić information content (AvgIpc) is 2.40.